The van der Waals surface area contributed by atoms with Gasteiger partial charge in [0.2, 0.25) is 5.91 Å². The largest absolute Gasteiger partial charge is 0.356 e. The quantitative estimate of drug-likeness (QED) is 0.690. The van der Waals surface area contributed by atoms with Gasteiger partial charge >= 0.3 is 0 Å². The second-order valence-electron chi connectivity index (χ2n) is 4.13. The van der Waals surface area contributed by atoms with E-state index in [9.17, 15) is 4.79 Å². The smallest absolute Gasteiger partial charge is 0.227 e. The molecule has 0 saturated carbocycles. The van der Waals surface area contributed by atoms with Crippen LogP contribution in [0, 0.1) is 5.41 Å². The van der Waals surface area contributed by atoms with Crippen LogP contribution in [-0.2, 0) is 4.79 Å². The third-order valence-electron chi connectivity index (χ3n) is 3.14. The summed E-state index contributed by atoms with van der Waals surface area (Å²) >= 11 is 0. The van der Waals surface area contributed by atoms with Gasteiger partial charge in [0, 0.05) is 13.1 Å². The van der Waals surface area contributed by atoms with E-state index in [0.717, 1.165) is 32.5 Å². The van der Waals surface area contributed by atoms with Gasteiger partial charge in [0.1, 0.15) is 0 Å². The first kappa shape index (κ1) is 15.4. The Balaban J connectivity index is 0.000000509. The molecule has 2 heterocycles. The van der Waals surface area contributed by atoms with E-state index in [2.05, 4.69) is 17.3 Å². The Morgan fingerprint density at radius 2 is 1.81 bits per heavy atom. The number of likely N-dealkylation sites (tertiary alicyclic amines) is 1. The molecule has 0 radical (unpaired) electrons. The predicted octanol–water partition coefficient (Wildman–Crippen LogP) is 2.27. The number of hydrogen-bond acceptors (Lipinski definition) is 2. The van der Waals surface area contributed by atoms with E-state index in [1.165, 1.54) is 6.42 Å². The van der Waals surface area contributed by atoms with Crippen LogP contribution in [0.15, 0.2) is 0 Å². The second kappa shape index (κ2) is 7.66. The number of rotatable bonds is 0. The van der Waals surface area contributed by atoms with Crippen LogP contribution in [0.5, 0.6) is 0 Å². The Kier molecular flexibility index (Phi) is 7.39. The van der Waals surface area contributed by atoms with E-state index in [4.69, 9.17) is 0 Å². The maximum Gasteiger partial charge on any atom is 0.227 e. The Morgan fingerprint density at radius 3 is 2.25 bits per heavy atom. The summed E-state index contributed by atoms with van der Waals surface area (Å²) in [6.07, 6.45) is 3.29. The molecule has 3 heteroatoms. The van der Waals surface area contributed by atoms with Gasteiger partial charge in [0.25, 0.3) is 0 Å². The van der Waals surface area contributed by atoms with Gasteiger partial charge in [-0.2, -0.15) is 0 Å². The van der Waals surface area contributed by atoms with Gasteiger partial charge in [-0.25, -0.2) is 0 Å². The van der Waals surface area contributed by atoms with Crippen molar-refractivity contribution in [3.63, 3.8) is 0 Å². The van der Waals surface area contributed by atoms with Crippen molar-refractivity contribution in [1.82, 2.24) is 10.2 Å². The third kappa shape index (κ3) is 3.48. The number of carbonyl (C=O) groups excluding carboxylic acids is 1. The standard InChI is InChI=1S/C9H16N2O.2C2H6/c1-11-6-2-3-9(7-11)4-5-10-8(9)12;2*1-2/h2-7H2,1H3,(H,10,12);2*1-2H3. The van der Waals surface area contributed by atoms with E-state index >= 15 is 0 Å². The van der Waals surface area contributed by atoms with Crippen molar-refractivity contribution in [1.29, 1.82) is 0 Å². The van der Waals surface area contributed by atoms with Crippen LogP contribution in [0.1, 0.15) is 47.0 Å². The van der Waals surface area contributed by atoms with Crippen molar-refractivity contribution in [2.24, 2.45) is 5.41 Å². The minimum Gasteiger partial charge on any atom is -0.356 e. The van der Waals surface area contributed by atoms with E-state index in [1.54, 1.807) is 0 Å². The SMILES string of the molecule is CC.CC.CN1CCCC2(CCNC2=O)C1. The molecular formula is C13H28N2O. The van der Waals surface area contributed by atoms with Crippen LogP contribution >= 0.6 is 0 Å². The van der Waals surface area contributed by atoms with Crippen LogP contribution in [0.25, 0.3) is 0 Å². The molecule has 2 fully saturated rings. The molecule has 1 N–H and O–H groups in total. The molecule has 1 amide bonds. The number of carbonyl (C=O) groups is 1. The summed E-state index contributed by atoms with van der Waals surface area (Å²) in [5, 5.41) is 2.93. The summed E-state index contributed by atoms with van der Waals surface area (Å²) < 4.78 is 0. The molecule has 0 aromatic rings. The summed E-state index contributed by atoms with van der Waals surface area (Å²) in [4.78, 5) is 13.8. The van der Waals surface area contributed by atoms with E-state index in [0.29, 0.717) is 0 Å². The topological polar surface area (TPSA) is 32.3 Å². The number of piperidine rings is 1. The molecule has 2 aliphatic rings. The van der Waals surface area contributed by atoms with Crippen LogP contribution in [0.3, 0.4) is 0 Å². The Labute approximate surface area is 101 Å². The average Bonchev–Trinajstić information content (AvgIpc) is 2.66. The molecule has 0 aliphatic carbocycles. The number of hydrogen-bond donors (Lipinski definition) is 1. The van der Waals surface area contributed by atoms with E-state index in [1.807, 2.05) is 27.7 Å². The summed E-state index contributed by atoms with van der Waals surface area (Å²) in [7, 11) is 2.10. The zero-order valence-corrected chi connectivity index (χ0v) is 11.6. The first-order chi connectivity index (χ1) is 7.73. The van der Waals surface area contributed by atoms with Crippen molar-refractivity contribution in [3.8, 4) is 0 Å². The summed E-state index contributed by atoms with van der Waals surface area (Å²) in [5.41, 5.74) is -0.0208. The second-order valence-corrected chi connectivity index (χ2v) is 4.13. The highest BCUT2D eigenvalue weighted by Gasteiger charge is 2.44. The third-order valence-corrected chi connectivity index (χ3v) is 3.14. The minimum atomic E-state index is -0.0208. The van der Waals surface area contributed by atoms with Crippen LogP contribution in [-0.4, -0.2) is 37.5 Å². The van der Waals surface area contributed by atoms with Crippen LogP contribution < -0.4 is 5.32 Å². The molecule has 16 heavy (non-hydrogen) atoms. The molecule has 96 valence electrons. The summed E-state index contributed by atoms with van der Waals surface area (Å²) in [6.45, 7) is 11.0. The van der Waals surface area contributed by atoms with Crippen molar-refractivity contribution < 1.29 is 4.79 Å². The maximum atomic E-state index is 11.6. The predicted molar refractivity (Wildman–Crippen MR) is 69.5 cm³/mol. The minimum absolute atomic E-state index is 0.0208. The molecule has 0 bridgehead atoms. The van der Waals surface area contributed by atoms with E-state index < -0.39 is 0 Å². The Bertz CT molecular complexity index is 206. The summed E-state index contributed by atoms with van der Waals surface area (Å²) in [6, 6.07) is 0. The first-order valence-electron chi connectivity index (χ1n) is 6.70. The monoisotopic (exact) mass is 228 g/mol. The van der Waals surface area contributed by atoms with Gasteiger partial charge < -0.3 is 10.2 Å². The zero-order chi connectivity index (χ0) is 12.6. The highest BCUT2D eigenvalue weighted by molar-refractivity contribution is 5.85. The molecule has 1 unspecified atom stereocenters. The Morgan fingerprint density at radius 1 is 1.19 bits per heavy atom. The fourth-order valence-electron chi connectivity index (χ4n) is 2.47. The summed E-state index contributed by atoms with van der Waals surface area (Å²) in [5.74, 6) is 0.286. The molecule has 2 aliphatic heterocycles. The molecule has 2 rings (SSSR count). The first-order valence-corrected chi connectivity index (χ1v) is 6.70. The van der Waals surface area contributed by atoms with Crippen LogP contribution in [0.2, 0.25) is 0 Å². The van der Waals surface area contributed by atoms with Gasteiger partial charge in [-0.05, 0) is 32.9 Å². The molecule has 0 aromatic carbocycles. The highest BCUT2D eigenvalue weighted by Crippen LogP contribution is 2.35. The zero-order valence-electron chi connectivity index (χ0n) is 11.6. The fraction of sp³-hybridized carbons (Fsp3) is 0.923. The van der Waals surface area contributed by atoms with Gasteiger partial charge in [-0.1, -0.05) is 27.7 Å². The number of nitrogens with zero attached hydrogens (tertiary/aromatic N) is 1. The lowest BCUT2D eigenvalue weighted by molar-refractivity contribution is -0.130. The van der Waals surface area contributed by atoms with Gasteiger partial charge in [0.05, 0.1) is 5.41 Å². The fourth-order valence-corrected chi connectivity index (χ4v) is 2.47. The van der Waals surface area contributed by atoms with Gasteiger partial charge in [-0.15, -0.1) is 0 Å². The van der Waals surface area contributed by atoms with Crippen molar-refractivity contribution in [3.05, 3.63) is 0 Å². The normalized spacial score (nSPS) is 28.7. The average molecular weight is 228 g/mol. The molecule has 2 saturated heterocycles. The maximum absolute atomic E-state index is 11.6. The lowest BCUT2D eigenvalue weighted by Gasteiger charge is -2.36. The molecule has 1 spiro atoms. The van der Waals surface area contributed by atoms with Gasteiger partial charge in [-0.3, -0.25) is 4.79 Å². The van der Waals surface area contributed by atoms with Crippen molar-refractivity contribution in [2.75, 3.05) is 26.7 Å². The van der Waals surface area contributed by atoms with Gasteiger partial charge in [0.15, 0.2) is 0 Å². The lowest BCUT2D eigenvalue weighted by atomic mass is 9.79. The lowest BCUT2D eigenvalue weighted by Crippen LogP contribution is -2.45. The number of amides is 1. The Hall–Kier alpha value is -0.570. The highest BCUT2D eigenvalue weighted by atomic mass is 16.2. The molecule has 1 atom stereocenters. The molecular weight excluding hydrogens is 200 g/mol. The number of nitrogens with one attached hydrogen (secondary N) is 1. The van der Waals surface area contributed by atoms with E-state index in [-0.39, 0.29) is 11.3 Å². The molecule has 3 nitrogen and oxygen atoms in total. The van der Waals surface area contributed by atoms with Crippen LogP contribution in [0.4, 0.5) is 0 Å². The molecule has 0 aromatic heterocycles. The van der Waals surface area contributed by atoms with Crippen molar-refractivity contribution >= 4 is 5.91 Å². The van der Waals surface area contributed by atoms with Crippen molar-refractivity contribution in [2.45, 2.75) is 47.0 Å².